The van der Waals surface area contributed by atoms with Crippen molar-refractivity contribution in [2.45, 2.75) is 50.2 Å². The smallest absolute Gasteiger partial charge is 0.168 e. The van der Waals surface area contributed by atoms with Gasteiger partial charge in [-0.25, -0.2) is 9.67 Å². The fourth-order valence-corrected chi connectivity index (χ4v) is 4.07. The van der Waals surface area contributed by atoms with Gasteiger partial charge < -0.3 is 4.57 Å². The van der Waals surface area contributed by atoms with E-state index in [-0.39, 0.29) is 0 Å². The topological polar surface area (TPSA) is 61.4 Å². The summed E-state index contributed by atoms with van der Waals surface area (Å²) in [5.41, 5.74) is 2.33. The molecular weight excluding hydrogens is 412 g/mol. The lowest BCUT2D eigenvalue weighted by atomic mass is 10.1. The summed E-state index contributed by atoms with van der Waals surface area (Å²) in [6, 6.07) is 8.88. The molecule has 0 spiro atoms. The van der Waals surface area contributed by atoms with Crippen molar-refractivity contribution in [3.8, 4) is 11.3 Å². The van der Waals surface area contributed by atoms with Crippen LogP contribution in [0.4, 0.5) is 0 Å². The summed E-state index contributed by atoms with van der Waals surface area (Å²) in [6.45, 7) is 5.39. The van der Waals surface area contributed by atoms with Crippen LogP contribution >= 0.6 is 27.7 Å². The predicted octanol–water partition coefficient (Wildman–Crippen LogP) is 4.58. The van der Waals surface area contributed by atoms with Crippen molar-refractivity contribution in [3.05, 3.63) is 40.8 Å². The molecule has 0 amide bonds. The Labute approximate surface area is 165 Å². The first-order chi connectivity index (χ1) is 12.6. The molecule has 0 unspecified atom stereocenters. The Hall–Kier alpha value is -1.67. The Balaban J connectivity index is 1.58. The van der Waals surface area contributed by atoms with E-state index in [2.05, 4.69) is 74.1 Å². The van der Waals surface area contributed by atoms with Gasteiger partial charge in [0.05, 0.1) is 23.7 Å². The van der Waals surface area contributed by atoms with Crippen LogP contribution in [0.2, 0.25) is 0 Å². The zero-order chi connectivity index (χ0) is 18.1. The molecule has 0 N–H and O–H groups in total. The number of rotatable bonds is 7. The minimum atomic E-state index is 0.495. The first-order valence-electron chi connectivity index (χ1n) is 8.83. The van der Waals surface area contributed by atoms with E-state index in [1.165, 1.54) is 18.4 Å². The molecule has 1 fully saturated rings. The van der Waals surface area contributed by atoms with E-state index in [1.54, 1.807) is 11.8 Å². The van der Waals surface area contributed by atoms with E-state index in [0.717, 1.165) is 33.4 Å². The van der Waals surface area contributed by atoms with Gasteiger partial charge in [0.1, 0.15) is 0 Å². The van der Waals surface area contributed by atoms with Gasteiger partial charge in [-0.15, -0.1) is 5.10 Å². The van der Waals surface area contributed by atoms with Gasteiger partial charge >= 0.3 is 0 Å². The molecule has 1 aliphatic rings. The van der Waals surface area contributed by atoms with E-state index < -0.39 is 0 Å². The second-order valence-electron chi connectivity index (χ2n) is 7.00. The Morgan fingerprint density at radius 1 is 1.23 bits per heavy atom. The van der Waals surface area contributed by atoms with E-state index in [9.17, 15) is 0 Å². The maximum atomic E-state index is 4.69. The summed E-state index contributed by atoms with van der Waals surface area (Å²) in [4.78, 5) is 4.69. The second kappa shape index (κ2) is 7.52. The lowest BCUT2D eigenvalue weighted by Crippen LogP contribution is -2.08. The summed E-state index contributed by atoms with van der Waals surface area (Å²) in [6.07, 6.45) is 4.33. The summed E-state index contributed by atoms with van der Waals surface area (Å²) in [7, 11) is 0. The van der Waals surface area contributed by atoms with Crippen molar-refractivity contribution >= 4 is 27.7 Å². The first-order valence-corrected chi connectivity index (χ1v) is 10.6. The number of halogens is 1. The number of tetrazole rings is 1. The quantitative estimate of drug-likeness (QED) is 0.511. The minimum absolute atomic E-state index is 0.495. The zero-order valence-corrected chi connectivity index (χ0v) is 17.2. The Morgan fingerprint density at radius 3 is 2.69 bits per heavy atom. The zero-order valence-electron chi connectivity index (χ0n) is 14.8. The van der Waals surface area contributed by atoms with Crippen LogP contribution < -0.4 is 0 Å². The van der Waals surface area contributed by atoms with E-state index >= 15 is 0 Å². The third-order valence-corrected chi connectivity index (χ3v) is 5.81. The van der Waals surface area contributed by atoms with Crippen molar-refractivity contribution in [1.29, 1.82) is 0 Å². The molecule has 0 atom stereocenters. The predicted molar refractivity (Wildman–Crippen MR) is 106 cm³/mol. The highest BCUT2D eigenvalue weighted by Gasteiger charge is 2.27. The van der Waals surface area contributed by atoms with Crippen LogP contribution in [-0.4, -0.2) is 29.8 Å². The summed E-state index contributed by atoms with van der Waals surface area (Å²) in [5.74, 6) is 2.20. The molecule has 26 heavy (non-hydrogen) atoms. The molecule has 1 aliphatic carbocycles. The van der Waals surface area contributed by atoms with Gasteiger partial charge in [0.2, 0.25) is 0 Å². The number of hydrogen-bond donors (Lipinski definition) is 0. The summed E-state index contributed by atoms with van der Waals surface area (Å²) >= 11 is 5.21. The van der Waals surface area contributed by atoms with Gasteiger partial charge in [-0.1, -0.05) is 53.7 Å². The molecule has 2 heterocycles. The normalized spacial score (nSPS) is 14.3. The van der Waals surface area contributed by atoms with Crippen LogP contribution in [0, 0.1) is 5.92 Å². The van der Waals surface area contributed by atoms with Gasteiger partial charge in [0, 0.05) is 11.0 Å². The Bertz CT molecular complexity index is 881. The number of benzene rings is 1. The average molecular weight is 433 g/mol. The van der Waals surface area contributed by atoms with Crippen LogP contribution in [-0.2, 0) is 12.3 Å². The van der Waals surface area contributed by atoms with Crippen molar-refractivity contribution in [3.63, 3.8) is 0 Å². The molecular formula is C18H21BrN6S. The second-order valence-corrected chi connectivity index (χ2v) is 8.86. The molecule has 3 aromatic rings. The van der Waals surface area contributed by atoms with Crippen molar-refractivity contribution in [2.24, 2.45) is 5.92 Å². The third kappa shape index (κ3) is 3.86. The molecule has 6 nitrogen and oxygen atoms in total. The van der Waals surface area contributed by atoms with Crippen LogP contribution in [0.3, 0.4) is 0 Å². The summed E-state index contributed by atoms with van der Waals surface area (Å²) in [5, 5.41) is 13.2. The highest BCUT2D eigenvalue weighted by molar-refractivity contribution is 9.10. The standard InChI is InChI=1S/C18H21BrN6S/c1-12(2)10-24-16(13-3-5-14(19)6-4-13)9-20-18(24)26-11-17-21-22-23-25(17)15-7-8-15/h3-6,9,12,15H,7-8,10-11H2,1-2H3. The van der Waals surface area contributed by atoms with Crippen LogP contribution in [0.15, 0.2) is 40.1 Å². The molecule has 0 aliphatic heterocycles. The van der Waals surface area contributed by atoms with Crippen molar-refractivity contribution in [2.75, 3.05) is 0 Å². The van der Waals surface area contributed by atoms with E-state index in [4.69, 9.17) is 4.98 Å². The Morgan fingerprint density at radius 2 is 2.00 bits per heavy atom. The molecule has 136 valence electrons. The summed E-state index contributed by atoms with van der Waals surface area (Å²) < 4.78 is 5.36. The minimum Gasteiger partial charge on any atom is -0.319 e. The largest absolute Gasteiger partial charge is 0.319 e. The Kier molecular flexibility index (Phi) is 5.13. The lowest BCUT2D eigenvalue weighted by molar-refractivity contribution is 0.498. The molecule has 4 rings (SSSR count). The molecule has 0 bridgehead atoms. The fraction of sp³-hybridized carbons (Fsp3) is 0.444. The number of nitrogens with zero attached hydrogens (tertiary/aromatic N) is 6. The fourth-order valence-electron chi connectivity index (χ4n) is 2.91. The van der Waals surface area contributed by atoms with Crippen LogP contribution in [0.1, 0.15) is 38.6 Å². The SMILES string of the molecule is CC(C)Cn1c(-c2ccc(Br)cc2)cnc1SCc1nnnn1C1CC1. The van der Waals surface area contributed by atoms with Gasteiger partial charge in [0.15, 0.2) is 11.0 Å². The number of aromatic nitrogens is 6. The molecule has 8 heteroatoms. The molecule has 2 aromatic heterocycles. The van der Waals surface area contributed by atoms with Gasteiger partial charge in [-0.2, -0.15) is 0 Å². The van der Waals surface area contributed by atoms with Crippen LogP contribution in [0.25, 0.3) is 11.3 Å². The van der Waals surface area contributed by atoms with E-state index in [0.29, 0.717) is 12.0 Å². The average Bonchev–Trinajstić information content (AvgIpc) is 3.23. The molecule has 0 radical (unpaired) electrons. The van der Waals surface area contributed by atoms with Crippen molar-refractivity contribution < 1.29 is 0 Å². The lowest BCUT2D eigenvalue weighted by Gasteiger charge is -2.14. The highest BCUT2D eigenvalue weighted by Crippen LogP contribution is 2.36. The van der Waals surface area contributed by atoms with Gasteiger partial charge in [0.25, 0.3) is 0 Å². The van der Waals surface area contributed by atoms with Crippen molar-refractivity contribution in [1.82, 2.24) is 29.8 Å². The highest BCUT2D eigenvalue weighted by atomic mass is 79.9. The molecule has 1 aromatic carbocycles. The molecule has 1 saturated carbocycles. The van der Waals surface area contributed by atoms with E-state index in [1.807, 2.05) is 10.9 Å². The maximum absolute atomic E-state index is 4.69. The number of thioether (sulfide) groups is 1. The number of imidazole rings is 1. The van der Waals surface area contributed by atoms with Gasteiger partial charge in [-0.05, 0) is 46.9 Å². The maximum Gasteiger partial charge on any atom is 0.168 e. The first kappa shape index (κ1) is 17.7. The number of hydrogen-bond acceptors (Lipinski definition) is 5. The third-order valence-electron chi connectivity index (χ3n) is 4.29. The molecule has 0 saturated heterocycles. The van der Waals surface area contributed by atoms with Crippen LogP contribution in [0.5, 0.6) is 0 Å². The monoisotopic (exact) mass is 432 g/mol. The van der Waals surface area contributed by atoms with Gasteiger partial charge in [-0.3, -0.25) is 0 Å².